The largest absolute Gasteiger partial charge is 0.480 e. The molecular formula is C23H24N2O5. The highest BCUT2D eigenvalue weighted by atomic mass is 16.5. The van der Waals surface area contributed by atoms with Crippen LogP contribution in [0.25, 0.3) is 11.1 Å². The van der Waals surface area contributed by atoms with E-state index < -0.39 is 23.5 Å². The van der Waals surface area contributed by atoms with Crippen molar-refractivity contribution in [2.45, 2.75) is 37.1 Å². The fourth-order valence-electron chi connectivity index (χ4n) is 4.48. The average molecular weight is 408 g/mol. The third-order valence-corrected chi connectivity index (χ3v) is 5.98. The van der Waals surface area contributed by atoms with E-state index in [1.807, 2.05) is 36.4 Å². The summed E-state index contributed by atoms with van der Waals surface area (Å²) in [5, 5.41) is 14.4. The smallest absolute Gasteiger partial charge is 0.407 e. The van der Waals surface area contributed by atoms with E-state index in [1.165, 1.54) is 0 Å². The van der Waals surface area contributed by atoms with Gasteiger partial charge in [0, 0.05) is 5.92 Å². The molecule has 30 heavy (non-hydrogen) atoms. The highest BCUT2D eigenvalue weighted by Crippen LogP contribution is 2.44. The number of aliphatic carboxylic acids is 1. The van der Waals surface area contributed by atoms with Gasteiger partial charge >= 0.3 is 12.1 Å². The molecule has 0 unspecified atom stereocenters. The van der Waals surface area contributed by atoms with E-state index in [1.54, 1.807) is 0 Å². The van der Waals surface area contributed by atoms with Crippen LogP contribution >= 0.6 is 0 Å². The first-order valence-corrected chi connectivity index (χ1v) is 10.1. The van der Waals surface area contributed by atoms with Crippen LogP contribution in [-0.4, -0.2) is 41.8 Å². The van der Waals surface area contributed by atoms with Crippen molar-refractivity contribution in [1.82, 2.24) is 10.6 Å². The lowest BCUT2D eigenvalue weighted by Crippen LogP contribution is -2.54. The predicted molar refractivity (Wildman–Crippen MR) is 110 cm³/mol. The van der Waals surface area contributed by atoms with Crippen molar-refractivity contribution in [2.75, 3.05) is 13.2 Å². The van der Waals surface area contributed by atoms with Crippen molar-refractivity contribution >= 4 is 18.0 Å². The highest BCUT2D eigenvalue weighted by molar-refractivity contribution is 5.89. The van der Waals surface area contributed by atoms with E-state index in [0.29, 0.717) is 12.8 Å². The Morgan fingerprint density at radius 3 is 2.10 bits per heavy atom. The molecule has 0 spiro atoms. The molecule has 0 radical (unpaired) electrons. The number of hydrogen-bond donors (Lipinski definition) is 3. The number of amides is 2. The van der Waals surface area contributed by atoms with E-state index in [0.717, 1.165) is 35.1 Å². The summed E-state index contributed by atoms with van der Waals surface area (Å²) >= 11 is 0. The number of hydrogen-bond acceptors (Lipinski definition) is 4. The van der Waals surface area contributed by atoms with Crippen LogP contribution in [0.3, 0.4) is 0 Å². The number of alkyl carbamates (subject to hydrolysis) is 1. The zero-order valence-electron chi connectivity index (χ0n) is 16.5. The molecule has 0 saturated heterocycles. The fraction of sp³-hybridized carbons (Fsp3) is 0.348. The molecular weight excluding hydrogens is 384 g/mol. The molecule has 0 heterocycles. The molecule has 3 N–H and O–H groups in total. The van der Waals surface area contributed by atoms with E-state index in [-0.39, 0.29) is 19.1 Å². The van der Waals surface area contributed by atoms with Crippen LogP contribution in [0, 0.1) is 0 Å². The second-order valence-electron chi connectivity index (χ2n) is 7.82. The summed E-state index contributed by atoms with van der Waals surface area (Å²) in [6.45, 7) is -0.174. The number of ether oxygens (including phenoxy) is 1. The fourth-order valence-corrected chi connectivity index (χ4v) is 4.48. The van der Waals surface area contributed by atoms with Gasteiger partial charge in [-0.2, -0.15) is 0 Å². The monoisotopic (exact) mass is 408 g/mol. The van der Waals surface area contributed by atoms with Crippen LogP contribution in [0.5, 0.6) is 0 Å². The number of nitrogens with one attached hydrogen (secondary N) is 2. The lowest BCUT2D eigenvalue weighted by molar-refractivity contribution is -0.147. The molecule has 7 heteroatoms. The zero-order valence-corrected chi connectivity index (χ0v) is 16.5. The molecule has 2 aliphatic rings. The summed E-state index contributed by atoms with van der Waals surface area (Å²) in [6.07, 6.45) is 1.61. The second-order valence-corrected chi connectivity index (χ2v) is 7.82. The molecule has 4 rings (SSSR count). The maximum absolute atomic E-state index is 12.2. The van der Waals surface area contributed by atoms with Crippen molar-refractivity contribution in [3.63, 3.8) is 0 Å². The van der Waals surface area contributed by atoms with Gasteiger partial charge in [0.2, 0.25) is 5.91 Å². The molecule has 2 amide bonds. The Hall–Kier alpha value is -3.35. The lowest BCUT2D eigenvalue weighted by Gasteiger charge is -2.25. The van der Waals surface area contributed by atoms with Crippen LogP contribution in [0.4, 0.5) is 4.79 Å². The van der Waals surface area contributed by atoms with E-state index in [2.05, 4.69) is 22.8 Å². The van der Waals surface area contributed by atoms with Gasteiger partial charge in [-0.1, -0.05) is 61.4 Å². The third kappa shape index (κ3) is 3.75. The molecule has 0 bridgehead atoms. The molecule has 7 nitrogen and oxygen atoms in total. The Labute approximate surface area is 174 Å². The molecule has 1 saturated carbocycles. The standard InChI is InChI=1S/C23H24N2O5/c26-20(25-23(21(27)28)11-5-6-12-23)13-24-22(29)30-14-19-17-9-3-1-7-15(17)16-8-2-4-10-18(16)19/h1-4,7-10,19H,5-6,11-14H2,(H,24,29)(H,25,26)(H,27,28). The Bertz CT molecular complexity index is 936. The van der Waals surface area contributed by atoms with Crippen LogP contribution in [0.15, 0.2) is 48.5 Å². The number of rotatable bonds is 6. The van der Waals surface area contributed by atoms with Gasteiger partial charge in [-0.25, -0.2) is 9.59 Å². The van der Waals surface area contributed by atoms with Gasteiger partial charge in [-0.05, 0) is 35.1 Å². The van der Waals surface area contributed by atoms with Crippen molar-refractivity contribution in [1.29, 1.82) is 0 Å². The molecule has 0 atom stereocenters. The maximum atomic E-state index is 12.2. The van der Waals surface area contributed by atoms with Gasteiger partial charge < -0.3 is 20.5 Å². The molecule has 1 fully saturated rings. The summed E-state index contributed by atoms with van der Waals surface area (Å²) in [5.74, 6) is -1.63. The van der Waals surface area contributed by atoms with Crippen LogP contribution in [0.2, 0.25) is 0 Å². The van der Waals surface area contributed by atoms with Crippen LogP contribution in [0.1, 0.15) is 42.7 Å². The number of benzene rings is 2. The zero-order chi connectivity index (χ0) is 21.1. The number of fused-ring (bicyclic) bond motifs is 3. The van der Waals surface area contributed by atoms with E-state index >= 15 is 0 Å². The Balaban J connectivity index is 1.32. The highest BCUT2D eigenvalue weighted by Gasteiger charge is 2.42. The quantitative estimate of drug-likeness (QED) is 0.681. The summed E-state index contributed by atoms with van der Waals surface area (Å²) in [4.78, 5) is 35.8. The van der Waals surface area contributed by atoms with E-state index in [9.17, 15) is 19.5 Å². The Morgan fingerprint density at radius 2 is 1.53 bits per heavy atom. The van der Waals surface area contributed by atoms with Crippen molar-refractivity contribution < 1.29 is 24.2 Å². The SMILES string of the molecule is O=C(CNC(=O)OCC1c2ccccc2-c2ccccc21)NC1(C(=O)O)CCCC1. The lowest BCUT2D eigenvalue weighted by atomic mass is 9.98. The van der Waals surface area contributed by atoms with Crippen molar-refractivity contribution in [3.05, 3.63) is 59.7 Å². The van der Waals surface area contributed by atoms with Gasteiger partial charge in [0.05, 0.1) is 0 Å². The van der Waals surface area contributed by atoms with Crippen molar-refractivity contribution in [3.8, 4) is 11.1 Å². The molecule has 156 valence electrons. The molecule has 0 aromatic heterocycles. The van der Waals surface area contributed by atoms with Crippen LogP contribution < -0.4 is 10.6 Å². The third-order valence-electron chi connectivity index (χ3n) is 5.98. The van der Waals surface area contributed by atoms with Gasteiger partial charge in [0.25, 0.3) is 0 Å². The summed E-state index contributed by atoms with van der Waals surface area (Å²) in [7, 11) is 0. The number of carboxylic acid groups (broad SMARTS) is 1. The Morgan fingerprint density at radius 1 is 0.967 bits per heavy atom. The summed E-state index contributed by atoms with van der Waals surface area (Å²) < 4.78 is 5.39. The molecule has 2 aliphatic carbocycles. The second kappa shape index (κ2) is 8.18. The normalized spacial score (nSPS) is 16.4. The molecule has 0 aliphatic heterocycles. The van der Waals surface area contributed by atoms with Crippen molar-refractivity contribution in [2.24, 2.45) is 0 Å². The van der Waals surface area contributed by atoms with E-state index in [4.69, 9.17) is 4.74 Å². The minimum Gasteiger partial charge on any atom is -0.480 e. The summed E-state index contributed by atoms with van der Waals surface area (Å²) in [6, 6.07) is 16.1. The minimum absolute atomic E-state index is 0.0641. The van der Waals surface area contributed by atoms with Crippen LogP contribution in [-0.2, 0) is 14.3 Å². The van der Waals surface area contributed by atoms with Gasteiger partial charge in [-0.15, -0.1) is 0 Å². The first-order valence-electron chi connectivity index (χ1n) is 10.1. The predicted octanol–water partition coefficient (Wildman–Crippen LogP) is 3.04. The van der Waals surface area contributed by atoms with Gasteiger partial charge in [0.1, 0.15) is 18.7 Å². The van der Waals surface area contributed by atoms with Gasteiger partial charge in [0.15, 0.2) is 0 Å². The maximum Gasteiger partial charge on any atom is 0.407 e. The number of carboxylic acids is 1. The number of carbonyl (C=O) groups is 3. The topological polar surface area (TPSA) is 105 Å². The molecule has 2 aromatic rings. The first kappa shape index (κ1) is 19.9. The average Bonchev–Trinajstić information content (AvgIpc) is 3.34. The first-order chi connectivity index (χ1) is 14.5. The number of carbonyl (C=O) groups excluding carboxylic acids is 2. The minimum atomic E-state index is -1.22. The molecule has 2 aromatic carbocycles. The Kier molecular flexibility index (Phi) is 5.44. The van der Waals surface area contributed by atoms with Gasteiger partial charge in [-0.3, -0.25) is 4.79 Å². The summed E-state index contributed by atoms with van der Waals surface area (Å²) in [5.41, 5.74) is 3.26.